The fourth-order valence-electron chi connectivity index (χ4n) is 7.90. The molecular weight excluding hydrogens is 587 g/mol. The minimum atomic E-state index is -0.646. The number of fused-ring (bicyclic) bond motifs is 10. The van der Waals surface area contributed by atoms with Gasteiger partial charge in [-0.2, -0.15) is 0 Å². The van der Waals surface area contributed by atoms with Crippen LogP contribution in [-0.2, 0) is 5.41 Å². The molecule has 1 nitrogen and oxygen atoms in total. The van der Waals surface area contributed by atoms with E-state index in [1.807, 2.05) is 35.2 Å². The number of hydrogen-bond acceptors (Lipinski definition) is 1. The summed E-state index contributed by atoms with van der Waals surface area (Å²) in [6.45, 7) is 0. The third-order valence-electron chi connectivity index (χ3n) is 9.61. The van der Waals surface area contributed by atoms with Gasteiger partial charge in [0.2, 0.25) is 0 Å². The molecule has 0 N–H and O–H groups in total. The van der Waals surface area contributed by atoms with Crippen LogP contribution in [0.2, 0.25) is 0 Å². The maximum atomic E-state index is 15.0. The van der Waals surface area contributed by atoms with E-state index in [-0.39, 0.29) is 5.82 Å². The van der Waals surface area contributed by atoms with Crippen molar-refractivity contribution >= 4 is 17.1 Å². The summed E-state index contributed by atoms with van der Waals surface area (Å²) < 4.78 is 43.6. The van der Waals surface area contributed by atoms with Gasteiger partial charge in [-0.3, -0.25) is 0 Å². The second-order valence-electron chi connectivity index (χ2n) is 12.1. The zero-order valence-corrected chi connectivity index (χ0v) is 25.1. The average Bonchev–Trinajstić information content (AvgIpc) is 3.56. The highest BCUT2D eigenvalue weighted by Crippen LogP contribution is 2.64. The van der Waals surface area contributed by atoms with Crippen LogP contribution in [-0.4, -0.2) is 0 Å². The van der Waals surface area contributed by atoms with E-state index in [1.54, 1.807) is 6.07 Å². The zero-order chi connectivity index (χ0) is 31.7. The molecule has 9 rings (SSSR count). The molecule has 0 fully saturated rings. The topological polar surface area (TPSA) is 3.24 Å². The van der Waals surface area contributed by atoms with Gasteiger partial charge in [0.25, 0.3) is 0 Å². The van der Waals surface area contributed by atoms with Gasteiger partial charge in [-0.25, -0.2) is 13.2 Å². The van der Waals surface area contributed by atoms with E-state index in [4.69, 9.17) is 0 Å². The summed E-state index contributed by atoms with van der Waals surface area (Å²) >= 11 is 0. The molecule has 0 heterocycles. The zero-order valence-electron chi connectivity index (χ0n) is 25.1. The molecule has 224 valence electrons. The van der Waals surface area contributed by atoms with Gasteiger partial charge in [0.05, 0.1) is 11.1 Å². The van der Waals surface area contributed by atoms with E-state index in [0.717, 1.165) is 34.1 Å². The second kappa shape index (κ2) is 10.3. The first-order valence-electron chi connectivity index (χ1n) is 15.6. The van der Waals surface area contributed by atoms with Gasteiger partial charge in [-0.1, -0.05) is 103 Å². The van der Waals surface area contributed by atoms with Crippen LogP contribution in [0.25, 0.3) is 33.4 Å². The Kier molecular flexibility index (Phi) is 6.03. The summed E-state index contributed by atoms with van der Waals surface area (Å²) in [5, 5.41) is 0. The fraction of sp³-hybridized carbons (Fsp3) is 0.0233. The lowest BCUT2D eigenvalue weighted by atomic mass is 9.70. The fourth-order valence-corrected chi connectivity index (χ4v) is 7.90. The highest BCUT2D eigenvalue weighted by molar-refractivity contribution is 6.01. The van der Waals surface area contributed by atoms with Crippen molar-refractivity contribution in [1.29, 1.82) is 0 Å². The molecule has 0 unspecified atom stereocenters. The van der Waals surface area contributed by atoms with Gasteiger partial charge in [-0.15, -0.1) is 0 Å². The molecule has 0 saturated carbocycles. The molecule has 0 aliphatic heterocycles. The van der Waals surface area contributed by atoms with Crippen molar-refractivity contribution in [2.45, 2.75) is 5.41 Å². The molecule has 2 aliphatic rings. The molecule has 4 heteroatoms. The van der Waals surface area contributed by atoms with Crippen LogP contribution in [0.5, 0.6) is 0 Å². The summed E-state index contributed by atoms with van der Waals surface area (Å²) in [5.41, 5.74) is 12.2. The second-order valence-corrected chi connectivity index (χ2v) is 12.1. The van der Waals surface area contributed by atoms with Crippen LogP contribution >= 0.6 is 0 Å². The normalized spacial score (nSPS) is 13.2. The first kappa shape index (κ1) is 27.4. The Balaban J connectivity index is 1.35. The number of halogens is 3. The minimum absolute atomic E-state index is 0.362. The van der Waals surface area contributed by atoms with E-state index in [9.17, 15) is 13.2 Å². The standard InChI is InChI=1S/C43H26F3N/c44-29-11-8-13-33(26-29)47(32-12-7-10-27(24-32)28-22-30(45)25-31(46)23-28)41-21-9-20-40-42(41)36-16-3-6-19-39(36)43(40)37-17-4-1-14-34(37)35-15-2-5-18-38(35)43/h1-26H. The Hall–Kier alpha value is -5.87. The van der Waals surface area contributed by atoms with Crippen molar-refractivity contribution in [3.63, 3.8) is 0 Å². The predicted molar refractivity (Wildman–Crippen MR) is 183 cm³/mol. The Labute approximate surface area is 270 Å². The van der Waals surface area contributed by atoms with Gasteiger partial charge < -0.3 is 4.90 Å². The van der Waals surface area contributed by atoms with Crippen LogP contribution in [0, 0.1) is 17.5 Å². The molecule has 0 radical (unpaired) electrons. The minimum Gasteiger partial charge on any atom is -0.310 e. The average molecular weight is 614 g/mol. The molecule has 0 atom stereocenters. The van der Waals surface area contributed by atoms with E-state index >= 15 is 0 Å². The molecule has 0 bridgehead atoms. The van der Waals surface area contributed by atoms with Crippen LogP contribution in [0.3, 0.4) is 0 Å². The highest BCUT2D eigenvalue weighted by atomic mass is 19.1. The smallest absolute Gasteiger partial charge is 0.126 e. The van der Waals surface area contributed by atoms with Crippen molar-refractivity contribution in [3.8, 4) is 33.4 Å². The van der Waals surface area contributed by atoms with Crippen molar-refractivity contribution < 1.29 is 13.2 Å². The molecule has 7 aromatic rings. The predicted octanol–water partition coefficient (Wildman–Crippen LogP) is 11.6. The summed E-state index contributed by atoms with van der Waals surface area (Å²) in [7, 11) is 0. The Morgan fingerprint density at radius 2 is 0.915 bits per heavy atom. The maximum Gasteiger partial charge on any atom is 0.126 e. The number of rotatable bonds is 4. The van der Waals surface area contributed by atoms with Gasteiger partial charge in [0.1, 0.15) is 17.5 Å². The lowest BCUT2D eigenvalue weighted by Crippen LogP contribution is -2.26. The Morgan fingerprint density at radius 3 is 1.57 bits per heavy atom. The lowest BCUT2D eigenvalue weighted by Gasteiger charge is -2.32. The molecule has 7 aromatic carbocycles. The maximum absolute atomic E-state index is 15.0. The van der Waals surface area contributed by atoms with Crippen molar-refractivity contribution in [1.82, 2.24) is 0 Å². The number of benzene rings is 7. The van der Waals surface area contributed by atoms with Gasteiger partial charge in [0.15, 0.2) is 0 Å². The monoisotopic (exact) mass is 613 g/mol. The highest BCUT2D eigenvalue weighted by Gasteiger charge is 2.52. The summed E-state index contributed by atoms with van der Waals surface area (Å²) in [6.07, 6.45) is 0. The third-order valence-corrected chi connectivity index (χ3v) is 9.61. The largest absolute Gasteiger partial charge is 0.310 e. The van der Waals surface area contributed by atoms with Crippen LogP contribution in [0.15, 0.2) is 158 Å². The molecule has 0 saturated heterocycles. The Bertz CT molecular complexity index is 2310. The number of hydrogen-bond donors (Lipinski definition) is 0. The lowest BCUT2D eigenvalue weighted by molar-refractivity contribution is 0.584. The summed E-state index contributed by atoms with van der Waals surface area (Å²) in [5.74, 6) is -1.65. The van der Waals surface area contributed by atoms with E-state index in [0.29, 0.717) is 16.8 Å². The van der Waals surface area contributed by atoms with E-state index < -0.39 is 17.0 Å². The Morgan fingerprint density at radius 1 is 0.383 bits per heavy atom. The summed E-state index contributed by atoms with van der Waals surface area (Å²) in [4.78, 5) is 2.05. The van der Waals surface area contributed by atoms with Gasteiger partial charge >= 0.3 is 0 Å². The molecule has 0 aromatic heterocycles. The first-order chi connectivity index (χ1) is 23.0. The summed E-state index contributed by atoms with van der Waals surface area (Å²) in [6, 6.07) is 49.8. The molecule has 1 spiro atoms. The van der Waals surface area contributed by atoms with E-state index in [1.165, 1.54) is 52.1 Å². The number of anilines is 3. The molecular formula is C43H26F3N. The molecule has 47 heavy (non-hydrogen) atoms. The van der Waals surface area contributed by atoms with Crippen LogP contribution in [0.1, 0.15) is 22.3 Å². The van der Waals surface area contributed by atoms with Crippen molar-refractivity contribution in [2.75, 3.05) is 4.90 Å². The quantitative estimate of drug-likeness (QED) is 0.191. The van der Waals surface area contributed by atoms with Crippen molar-refractivity contribution in [2.24, 2.45) is 0 Å². The van der Waals surface area contributed by atoms with Crippen LogP contribution < -0.4 is 4.90 Å². The van der Waals surface area contributed by atoms with Gasteiger partial charge in [-0.05, 0) is 98.6 Å². The molecule has 2 aliphatic carbocycles. The van der Waals surface area contributed by atoms with E-state index in [2.05, 4.69) is 91.0 Å². The number of nitrogens with zero attached hydrogens (tertiary/aromatic N) is 1. The van der Waals surface area contributed by atoms with Gasteiger partial charge in [0, 0.05) is 23.0 Å². The SMILES string of the molecule is Fc1cc(F)cc(-c2cccc(N(c3cccc(F)c3)c3cccc4c3-c3ccccc3C43c4ccccc4-c4ccccc43)c2)c1. The van der Waals surface area contributed by atoms with Crippen molar-refractivity contribution in [3.05, 3.63) is 197 Å². The van der Waals surface area contributed by atoms with Crippen LogP contribution in [0.4, 0.5) is 30.2 Å². The molecule has 0 amide bonds. The third kappa shape index (κ3) is 3.98. The first-order valence-corrected chi connectivity index (χ1v) is 15.6.